The first-order valence-corrected chi connectivity index (χ1v) is 10.9. The van der Waals surface area contributed by atoms with Crippen LogP contribution in [0, 0.1) is 0 Å². The van der Waals surface area contributed by atoms with E-state index in [9.17, 15) is 16.8 Å². The Morgan fingerprint density at radius 2 is 1.58 bits per heavy atom. The van der Waals surface area contributed by atoms with Crippen molar-refractivity contribution in [1.82, 2.24) is 0 Å². The van der Waals surface area contributed by atoms with Gasteiger partial charge in [-0.25, -0.2) is 16.8 Å². The summed E-state index contributed by atoms with van der Waals surface area (Å²) in [7, 11) is -7.17. The number of sulfone groups is 1. The quantitative estimate of drug-likeness (QED) is 0.848. The second-order valence-corrected chi connectivity index (χ2v) is 9.48. The first-order chi connectivity index (χ1) is 11.1. The maximum Gasteiger partial charge on any atom is 0.261 e. The van der Waals surface area contributed by atoms with Gasteiger partial charge >= 0.3 is 0 Å². The molecule has 0 aliphatic heterocycles. The van der Waals surface area contributed by atoms with Crippen LogP contribution in [0.2, 0.25) is 0 Å². The smallest absolute Gasteiger partial charge is 0.261 e. The molecule has 130 valence electrons. The predicted molar refractivity (Wildman–Crippen MR) is 95.5 cm³/mol. The van der Waals surface area contributed by atoms with Gasteiger partial charge < -0.3 is 0 Å². The van der Waals surface area contributed by atoms with Crippen molar-refractivity contribution in [2.75, 3.05) is 11.0 Å². The number of hydrogen-bond donors (Lipinski definition) is 1. The summed E-state index contributed by atoms with van der Waals surface area (Å²) in [6.07, 6.45) is 2.05. The highest BCUT2D eigenvalue weighted by Gasteiger charge is 2.16. The molecule has 0 unspecified atom stereocenters. The minimum Gasteiger partial charge on any atom is -0.280 e. The molecule has 0 saturated heterocycles. The molecule has 0 saturated carbocycles. The molecule has 0 bridgehead atoms. The van der Waals surface area contributed by atoms with Crippen molar-refractivity contribution in [3.63, 3.8) is 0 Å². The molecule has 0 fully saturated rings. The van der Waals surface area contributed by atoms with E-state index in [4.69, 9.17) is 0 Å². The van der Waals surface area contributed by atoms with Crippen LogP contribution in [0.4, 0.5) is 5.69 Å². The second-order valence-electron chi connectivity index (χ2n) is 5.78. The molecule has 2 rings (SSSR count). The molecule has 5 nitrogen and oxygen atoms in total. The zero-order valence-electron chi connectivity index (χ0n) is 13.9. The van der Waals surface area contributed by atoms with Crippen LogP contribution in [0.1, 0.15) is 31.7 Å². The van der Waals surface area contributed by atoms with E-state index in [2.05, 4.69) is 18.6 Å². The average Bonchev–Trinajstić information content (AvgIpc) is 2.53. The van der Waals surface area contributed by atoms with Gasteiger partial charge in [-0.3, -0.25) is 4.72 Å². The summed E-state index contributed by atoms with van der Waals surface area (Å²) in [5, 5.41) is 0. The van der Waals surface area contributed by atoms with Crippen molar-refractivity contribution in [3.05, 3.63) is 54.1 Å². The van der Waals surface area contributed by atoms with Crippen LogP contribution in [0.25, 0.3) is 0 Å². The molecule has 2 aromatic carbocycles. The van der Waals surface area contributed by atoms with Crippen LogP contribution >= 0.6 is 0 Å². The molecule has 0 amide bonds. The van der Waals surface area contributed by atoms with Crippen molar-refractivity contribution in [2.45, 2.75) is 36.0 Å². The van der Waals surface area contributed by atoms with Crippen molar-refractivity contribution >= 4 is 25.5 Å². The zero-order valence-corrected chi connectivity index (χ0v) is 15.5. The molecule has 0 radical (unpaired) electrons. The predicted octanol–water partition coefficient (Wildman–Crippen LogP) is 3.40. The lowest BCUT2D eigenvalue weighted by molar-refractivity contribution is 0.599. The summed E-state index contributed by atoms with van der Waals surface area (Å²) >= 11 is 0. The lowest BCUT2D eigenvalue weighted by Gasteiger charge is -2.12. The summed E-state index contributed by atoms with van der Waals surface area (Å²) in [6.45, 7) is 4.16. The minimum atomic E-state index is -3.77. The van der Waals surface area contributed by atoms with Crippen LogP contribution in [-0.2, 0) is 19.9 Å². The van der Waals surface area contributed by atoms with Gasteiger partial charge in [-0.15, -0.1) is 0 Å². The number of nitrogens with one attached hydrogen (secondary N) is 1. The summed E-state index contributed by atoms with van der Waals surface area (Å²) in [5.74, 6) is 0.362. The molecular formula is C17H21NO4S2. The van der Waals surface area contributed by atoms with E-state index in [1.807, 2.05) is 0 Å². The molecule has 1 atom stereocenters. The van der Waals surface area contributed by atoms with Gasteiger partial charge in [-0.05, 0) is 48.2 Å². The summed E-state index contributed by atoms with van der Waals surface area (Å²) in [5.41, 5.74) is 1.29. The second kappa shape index (κ2) is 6.94. The van der Waals surface area contributed by atoms with E-state index in [1.54, 1.807) is 24.3 Å². The van der Waals surface area contributed by atoms with Gasteiger partial charge in [0.25, 0.3) is 10.0 Å². The Kier molecular flexibility index (Phi) is 5.35. The fourth-order valence-corrected chi connectivity index (χ4v) is 3.93. The van der Waals surface area contributed by atoms with Gasteiger partial charge in [-0.1, -0.05) is 32.0 Å². The summed E-state index contributed by atoms with van der Waals surface area (Å²) in [6, 6.07) is 12.5. The Labute approximate surface area is 143 Å². The third-order valence-electron chi connectivity index (χ3n) is 3.89. The van der Waals surface area contributed by atoms with Crippen molar-refractivity contribution < 1.29 is 16.8 Å². The van der Waals surface area contributed by atoms with Gasteiger partial charge in [0.2, 0.25) is 0 Å². The van der Waals surface area contributed by atoms with Crippen molar-refractivity contribution in [2.24, 2.45) is 0 Å². The Morgan fingerprint density at radius 3 is 2.12 bits per heavy atom. The third kappa shape index (κ3) is 4.36. The monoisotopic (exact) mass is 367 g/mol. The largest absolute Gasteiger partial charge is 0.280 e. The Morgan fingerprint density at radius 1 is 0.958 bits per heavy atom. The fraction of sp³-hybridized carbons (Fsp3) is 0.294. The number of hydrogen-bond acceptors (Lipinski definition) is 4. The van der Waals surface area contributed by atoms with Crippen LogP contribution < -0.4 is 4.72 Å². The lowest BCUT2D eigenvalue weighted by Crippen LogP contribution is -2.13. The molecule has 0 aliphatic carbocycles. The fourth-order valence-electron chi connectivity index (χ4n) is 2.22. The van der Waals surface area contributed by atoms with Gasteiger partial charge in [-0.2, -0.15) is 0 Å². The van der Waals surface area contributed by atoms with Crippen LogP contribution in [0.3, 0.4) is 0 Å². The van der Waals surface area contributed by atoms with Crippen molar-refractivity contribution in [1.29, 1.82) is 0 Å². The highest BCUT2D eigenvalue weighted by Crippen LogP contribution is 2.23. The maximum atomic E-state index is 12.5. The van der Waals surface area contributed by atoms with Gasteiger partial charge in [0.1, 0.15) is 0 Å². The standard InChI is InChI=1S/C17H21NO4S2/c1-4-13(2)14-8-10-16(11-9-14)24(21,22)18-15-6-5-7-17(12-15)23(3,19)20/h5-13,18H,4H2,1-3H3/t13-/m0/s1. The van der Waals surface area contributed by atoms with Crippen LogP contribution in [0.15, 0.2) is 58.3 Å². The Hall–Kier alpha value is -1.86. The van der Waals surface area contributed by atoms with E-state index >= 15 is 0 Å². The highest BCUT2D eigenvalue weighted by molar-refractivity contribution is 7.92. The van der Waals surface area contributed by atoms with E-state index in [0.717, 1.165) is 18.2 Å². The number of anilines is 1. The molecule has 2 aromatic rings. The topological polar surface area (TPSA) is 80.3 Å². The molecule has 0 aromatic heterocycles. The molecule has 7 heteroatoms. The van der Waals surface area contributed by atoms with Crippen LogP contribution in [-0.4, -0.2) is 23.1 Å². The first kappa shape index (κ1) is 18.5. The van der Waals surface area contributed by atoms with E-state index < -0.39 is 19.9 Å². The number of sulfonamides is 1. The molecule has 0 spiro atoms. The van der Waals surface area contributed by atoms with E-state index in [1.165, 1.54) is 24.3 Å². The Balaban J connectivity index is 2.29. The molecule has 1 N–H and O–H groups in total. The molecular weight excluding hydrogens is 346 g/mol. The Bertz CT molecular complexity index is 917. The summed E-state index contributed by atoms with van der Waals surface area (Å²) in [4.78, 5) is 0.203. The van der Waals surface area contributed by atoms with Crippen LogP contribution in [0.5, 0.6) is 0 Å². The maximum absolute atomic E-state index is 12.5. The first-order valence-electron chi connectivity index (χ1n) is 7.56. The molecule has 0 heterocycles. The highest BCUT2D eigenvalue weighted by atomic mass is 32.2. The third-order valence-corrected chi connectivity index (χ3v) is 6.39. The SMILES string of the molecule is CC[C@H](C)c1ccc(S(=O)(=O)Nc2cccc(S(C)(=O)=O)c2)cc1. The number of benzene rings is 2. The van der Waals surface area contributed by atoms with E-state index in [-0.39, 0.29) is 15.5 Å². The normalized spacial score (nSPS) is 13.5. The van der Waals surface area contributed by atoms with E-state index in [0.29, 0.717) is 5.92 Å². The lowest BCUT2D eigenvalue weighted by atomic mass is 9.99. The molecule has 0 aliphatic rings. The average molecular weight is 367 g/mol. The van der Waals surface area contributed by atoms with Crippen molar-refractivity contribution in [3.8, 4) is 0 Å². The number of rotatable bonds is 6. The minimum absolute atomic E-state index is 0.0646. The van der Waals surface area contributed by atoms with Gasteiger partial charge in [0.15, 0.2) is 9.84 Å². The van der Waals surface area contributed by atoms with Gasteiger partial charge in [0.05, 0.1) is 15.5 Å². The zero-order chi connectivity index (χ0) is 18.0. The molecule has 24 heavy (non-hydrogen) atoms. The summed E-state index contributed by atoms with van der Waals surface area (Å²) < 4.78 is 50.5. The van der Waals surface area contributed by atoms with Gasteiger partial charge in [0, 0.05) is 6.26 Å².